The molecule has 0 spiro atoms. The van der Waals surface area contributed by atoms with Gasteiger partial charge in [0, 0.05) is 0 Å². The monoisotopic (exact) mass is 572 g/mol. The van der Waals surface area contributed by atoms with Gasteiger partial charge in [-0.25, -0.2) is 0 Å². The fourth-order valence-electron chi connectivity index (χ4n) is 2.63. The molecule has 33 heavy (non-hydrogen) atoms. The molecule has 0 saturated carbocycles. The molecule has 7 nitrogen and oxygen atoms in total. The van der Waals surface area contributed by atoms with Gasteiger partial charge in [-0.15, -0.1) is 0 Å². The molecule has 0 aliphatic heterocycles. The van der Waals surface area contributed by atoms with E-state index in [1.54, 1.807) is 0 Å². The third-order valence-corrected chi connectivity index (χ3v) is 14.9. The van der Waals surface area contributed by atoms with Crippen LogP contribution in [0.3, 0.4) is 0 Å². The summed E-state index contributed by atoms with van der Waals surface area (Å²) in [5.74, 6) is 0. The van der Waals surface area contributed by atoms with Gasteiger partial charge in [-0.05, 0) is 0 Å². The molecule has 0 heterocycles. The summed E-state index contributed by atoms with van der Waals surface area (Å²) in [6.07, 6.45) is 11.7. The molecule has 0 rings (SSSR count). The minimum absolute atomic E-state index is 0.530. The van der Waals surface area contributed by atoms with Crippen LogP contribution in [0.1, 0.15) is 119 Å². The Morgan fingerprint density at radius 1 is 0.424 bits per heavy atom. The normalized spacial score (nSPS) is 12.5. The quantitative estimate of drug-likeness (QED) is 0.0804. The Balaban J connectivity index is 5.91. The molecule has 0 saturated heterocycles. The molecule has 0 bridgehead atoms. The molecule has 0 aromatic heterocycles. The standard InChI is InChI=1S/C12H27O4Si.3C4H9O.Zr/c1-4-7-10-14-17(13,15-11-8-5-2)16-12-9-6-3;3*1-2-3-4-5;/h4-12H2,1-3H3;3*2-4H2,1H3;/q4*-1;+4. The number of rotatable bonds is 26. The Kier molecular flexibility index (Phi) is 23.8. The van der Waals surface area contributed by atoms with Crippen LogP contribution in [0.5, 0.6) is 0 Å². The first-order chi connectivity index (χ1) is 16.1. The van der Waals surface area contributed by atoms with E-state index in [4.69, 9.17) is 24.2 Å². The fourth-order valence-corrected chi connectivity index (χ4v) is 13.1. The first-order valence-electron chi connectivity index (χ1n) is 13.6. The third-order valence-electron chi connectivity index (χ3n) is 4.91. The molecule has 0 aliphatic rings. The van der Waals surface area contributed by atoms with E-state index in [0.29, 0.717) is 39.6 Å². The van der Waals surface area contributed by atoms with Crippen LogP contribution >= 0.6 is 0 Å². The van der Waals surface area contributed by atoms with Crippen molar-refractivity contribution in [2.75, 3.05) is 39.6 Å². The summed E-state index contributed by atoms with van der Waals surface area (Å²) in [6, 6.07) is 0. The van der Waals surface area contributed by atoms with E-state index >= 15 is 0 Å². The molecule has 0 radical (unpaired) electrons. The van der Waals surface area contributed by atoms with E-state index in [1.165, 1.54) is 0 Å². The van der Waals surface area contributed by atoms with E-state index in [0.717, 1.165) is 77.0 Å². The minimum atomic E-state index is -4.48. The van der Waals surface area contributed by atoms with Crippen molar-refractivity contribution >= 4 is 9.05 Å². The molecule has 9 heteroatoms. The summed E-state index contributed by atoms with van der Waals surface area (Å²) < 4.78 is 44.8. The van der Waals surface area contributed by atoms with Crippen LogP contribution in [-0.2, 0) is 46.2 Å². The van der Waals surface area contributed by atoms with Crippen molar-refractivity contribution in [1.82, 2.24) is 0 Å². The van der Waals surface area contributed by atoms with Gasteiger partial charge in [-0.3, -0.25) is 0 Å². The van der Waals surface area contributed by atoms with Crippen LogP contribution < -0.4 is 0 Å². The maximum absolute atomic E-state index is 6.72. The van der Waals surface area contributed by atoms with Crippen molar-refractivity contribution in [3.8, 4) is 0 Å². The maximum atomic E-state index is 6.72. The molecule has 0 aromatic carbocycles. The van der Waals surface area contributed by atoms with E-state index in [-0.39, 0.29) is 0 Å². The number of hydrogen-bond acceptors (Lipinski definition) is 7. The van der Waals surface area contributed by atoms with Gasteiger partial charge in [0.15, 0.2) is 0 Å². The molecule has 0 aliphatic carbocycles. The van der Waals surface area contributed by atoms with E-state index in [9.17, 15) is 0 Å². The van der Waals surface area contributed by atoms with E-state index in [1.807, 2.05) is 0 Å². The molecule has 0 unspecified atom stereocenters. The summed E-state index contributed by atoms with van der Waals surface area (Å²) in [5.41, 5.74) is 0. The van der Waals surface area contributed by atoms with Crippen LogP contribution in [0.2, 0.25) is 0 Å². The predicted octanol–water partition coefficient (Wildman–Crippen LogP) is 7.15. The summed E-state index contributed by atoms with van der Waals surface area (Å²) >= 11 is -4.48. The average molecular weight is 574 g/mol. The Morgan fingerprint density at radius 3 is 0.970 bits per heavy atom. The zero-order chi connectivity index (χ0) is 24.7. The first kappa shape index (κ1) is 33.8. The first-order valence-corrected chi connectivity index (χ1v) is 19.3. The molecule has 0 N–H and O–H groups in total. The van der Waals surface area contributed by atoms with Crippen LogP contribution in [0.15, 0.2) is 0 Å². The van der Waals surface area contributed by atoms with Crippen LogP contribution in [0.25, 0.3) is 0 Å². The zero-order valence-corrected chi connectivity index (χ0v) is 26.0. The van der Waals surface area contributed by atoms with Crippen molar-refractivity contribution in [1.29, 1.82) is 0 Å². The van der Waals surface area contributed by atoms with Crippen LogP contribution in [0, 0.1) is 0 Å². The second-order valence-corrected chi connectivity index (χ2v) is 16.5. The van der Waals surface area contributed by atoms with Crippen LogP contribution in [-0.4, -0.2) is 48.7 Å². The SMILES string of the molecule is CCCCO[Si](OCCCC)(OCCCC)[O][Zr]([O]CCCC)([O]CCCC)[O]CCCC. The summed E-state index contributed by atoms with van der Waals surface area (Å²) in [4.78, 5) is 0. The van der Waals surface area contributed by atoms with Gasteiger partial charge in [0.1, 0.15) is 0 Å². The Hall–Kier alpha value is 0.820. The van der Waals surface area contributed by atoms with E-state index in [2.05, 4.69) is 41.5 Å². The average Bonchev–Trinajstić information content (AvgIpc) is 2.80. The van der Waals surface area contributed by atoms with Gasteiger partial charge in [-0.1, -0.05) is 0 Å². The predicted molar refractivity (Wildman–Crippen MR) is 132 cm³/mol. The van der Waals surface area contributed by atoms with Crippen molar-refractivity contribution in [2.45, 2.75) is 119 Å². The van der Waals surface area contributed by atoms with Crippen molar-refractivity contribution < 1.29 is 46.2 Å². The van der Waals surface area contributed by atoms with Gasteiger partial charge >= 0.3 is 214 Å². The number of unbranched alkanes of at least 4 members (excludes halogenated alkanes) is 6. The Bertz CT molecular complexity index is 329. The van der Waals surface area contributed by atoms with Crippen LogP contribution in [0.4, 0.5) is 0 Å². The molecule has 0 fully saturated rings. The Labute approximate surface area is 212 Å². The van der Waals surface area contributed by atoms with Crippen molar-refractivity contribution in [3.63, 3.8) is 0 Å². The summed E-state index contributed by atoms with van der Waals surface area (Å²) in [5, 5.41) is 0. The van der Waals surface area contributed by atoms with Gasteiger partial charge in [0.25, 0.3) is 0 Å². The molecule has 0 amide bonds. The zero-order valence-electron chi connectivity index (χ0n) is 22.6. The topological polar surface area (TPSA) is 64.6 Å². The number of hydrogen-bond donors (Lipinski definition) is 0. The van der Waals surface area contributed by atoms with E-state index < -0.39 is 31.1 Å². The molecule has 0 aromatic rings. The van der Waals surface area contributed by atoms with Crippen molar-refractivity contribution in [3.05, 3.63) is 0 Å². The van der Waals surface area contributed by atoms with Gasteiger partial charge in [0.2, 0.25) is 0 Å². The molecule has 0 atom stereocenters. The fraction of sp³-hybridized carbons (Fsp3) is 1.00. The second kappa shape index (κ2) is 23.2. The van der Waals surface area contributed by atoms with Gasteiger partial charge in [0.05, 0.1) is 0 Å². The van der Waals surface area contributed by atoms with Gasteiger partial charge in [-0.2, -0.15) is 0 Å². The molecular weight excluding hydrogens is 520 g/mol. The Morgan fingerprint density at radius 2 is 0.697 bits per heavy atom. The summed E-state index contributed by atoms with van der Waals surface area (Å²) in [7, 11) is -3.50. The summed E-state index contributed by atoms with van der Waals surface area (Å²) in [6.45, 7) is 16.1. The third kappa shape index (κ3) is 17.0. The molecular formula is C24H54O7SiZr. The second-order valence-electron chi connectivity index (χ2n) is 8.31. The molecule has 200 valence electrons. The van der Waals surface area contributed by atoms with Gasteiger partial charge < -0.3 is 0 Å². The van der Waals surface area contributed by atoms with Crippen molar-refractivity contribution in [2.24, 2.45) is 0 Å².